The average Bonchev–Trinajstić information content (AvgIpc) is 2.76. The molecule has 0 atom stereocenters. The van der Waals surface area contributed by atoms with Gasteiger partial charge in [-0.3, -0.25) is 4.79 Å². The molecule has 1 aromatic heterocycles. The summed E-state index contributed by atoms with van der Waals surface area (Å²) in [6.07, 6.45) is 4.61. The van der Waals surface area contributed by atoms with Crippen LogP contribution < -0.4 is 5.73 Å². The molecule has 0 radical (unpaired) electrons. The van der Waals surface area contributed by atoms with E-state index in [1.165, 1.54) is 5.56 Å². The highest BCUT2D eigenvalue weighted by atomic mass is 16.1. The summed E-state index contributed by atoms with van der Waals surface area (Å²) >= 11 is 0. The molecule has 0 aliphatic carbocycles. The van der Waals surface area contributed by atoms with Gasteiger partial charge >= 0.3 is 0 Å². The zero-order chi connectivity index (χ0) is 11.4. The standard InChI is InChI=1S/C13H14N2O/c14-13(16)12-7-9-15(10-12)8-6-11-4-2-1-3-5-11/h1-5,7,9-10H,6,8H2,(H2,14,16). The second kappa shape index (κ2) is 4.66. The Morgan fingerprint density at radius 2 is 1.94 bits per heavy atom. The number of nitrogens with zero attached hydrogens (tertiary/aromatic N) is 1. The number of amides is 1. The zero-order valence-corrected chi connectivity index (χ0v) is 8.97. The highest BCUT2D eigenvalue weighted by Crippen LogP contribution is 2.04. The van der Waals surface area contributed by atoms with Gasteiger partial charge in [-0.25, -0.2) is 0 Å². The second-order valence-corrected chi connectivity index (χ2v) is 3.74. The third kappa shape index (κ3) is 2.51. The minimum Gasteiger partial charge on any atom is -0.366 e. The fraction of sp³-hybridized carbons (Fsp3) is 0.154. The molecule has 2 rings (SSSR count). The number of carbonyl (C=O) groups is 1. The van der Waals surface area contributed by atoms with E-state index in [2.05, 4.69) is 12.1 Å². The maximum absolute atomic E-state index is 10.9. The molecule has 0 fully saturated rings. The van der Waals surface area contributed by atoms with Gasteiger partial charge < -0.3 is 10.3 Å². The number of aromatic nitrogens is 1. The fourth-order valence-electron chi connectivity index (χ4n) is 1.63. The lowest BCUT2D eigenvalue weighted by molar-refractivity contribution is 0.100. The van der Waals surface area contributed by atoms with Crippen LogP contribution in [0.3, 0.4) is 0 Å². The molecule has 0 bridgehead atoms. The van der Waals surface area contributed by atoms with Crippen LogP contribution in [0.1, 0.15) is 15.9 Å². The van der Waals surface area contributed by atoms with E-state index in [0.717, 1.165) is 13.0 Å². The Hall–Kier alpha value is -2.03. The summed E-state index contributed by atoms with van der Waals surface area (Å²) in [5.41, 5.74) is 7.03. The van der Waals surface area contributed by atoms with Gasteiger partial charge in [-0.05, 0) is 18.1 Å². The first-order valence-corrected chi connectivity index (χ1v) is 5.25. The van der Waals surface area contributed by atoms with Crippen molar-refractivity contribution in [3.05, 3.63) is 59.9 Å². The number of rotatable bonds is 4. The van der Waals surface area contributed by atoms with Crippen LogP contribution in [0.2, 0.25) is 0 Å². The lowest BCUT2D eigenvalue weighted by Crippen LogP contribution is -2.09. The van der Waals surface area contributed by atoms with Crippen molar-refractivity contribution in [1.29, 1.82) is 0 Å². The normalized spacial score (nSPS) is 10.2. The minimum atomic E-state index is -0.376. The molecule has 2 aromatic rings. The van der Waals surface area contributed by atoms with Gasteiger partial charge in [0.2, 0.25) is 5.91 Å². The molecule has 2 N–H and O–H groups in total. The molecule has 16 heavy (non-hydrogen) atoms. The lowest BCUT2D eigenvalue weighted by atomic mass is 10.1. The van der Waals surface area contributed by atoms with Crippen LogP contribution in [0.4, 0.5) is 0 Å². The Bertz CT molecular complexity index is 474. The fourth-order valence-corrected chi connectivity index (χ4v) is 1.63. The van der Waals surface area contributed by atoms with E-state index in [-0.39, 0.29) is 5.91 Å². The first kappa shape index (κ1) is 10.5. The molecule has 0 unspecified atom stereocenters. The van der Waals surface area contributed by atoms with Gasteiger partial charge in [-0.2, -0.15) is 0 Å². The van der Waals surface area contributed by atoms with Crippen LogP contribution >= 0.6 is 0 Å². The highest BCUT2D eigenvalue weighted by molar-refractivity contribution is 5.92. The molecule has 0 saturated carbocycles. The molecular weight excluding hydrogens is 200 g/mol. The highest BCUT2D eigenvalue weighted by Gasteiger charge is 2.01. The maximum Gasteiger partial charge on any atom is 0.250 e. The molecule has 3 heteroatoms. The van der Waals surface area contributed by atoms with Crippen LogP contribution in [0.15, 0.2) is 48.8 Å². The van der Waals surface area contributed by atoms with Gasteiger partial charge in [-0.1, -0.05) is 30.3 Å². The second-order valence-electron chi connectivity index (χ2n) is 3.74. The Morgan fingerprint density at radius 1 is 1.19 bits per heavy atom. The molecule has 0 saturated heterocycles. The molecule has 0 aliphatic rings. The van der Waals surface area contributed by atoms with Crippen molar-refractivity contribution in [2.45, 2.75) is 13.0 Å². The van der Waals surface area contributed by atoms with Crippen molar-refractivity contribution in [3.63, 3.8) is 0 Å². The van der Waals surface area contributed by atoms with Crippen LogP contribution in [0.25, 0.3) is 0 Å². The van der Waals surface area contributed by atoms with Crippen LogP contribution in [-0.4, -0.2) is 10.5 Å². The van der Waals surface area contributed by atoms with E-state index in [9.17, 15) is 4.79 Å². The molecule has 1 heterocycles. The van der Waals surface area contributed by atoms with Crippen molar-refractivity contribution in [2.24, 2.45) is 5.73 Å². The van der Waals surface area contributed by atoms with Crippen LogP contribution in [0, 0.1) is 0 Å². The lowest BCUT2D eigenvalue weighted by Gasteiger charge is -2.02. The summed E-state index contributed by atoms with van der Waals surface area (Å²) in [5, 5.41) is 0. The van der Waals surface area contributed by atoms with E-state index < -0.39 is 0 Å². The summed E-state index contributed by atoms with van der Waals surface area (Å²) in [7, 11) is 0. The monoisotopic (exact) mass is 214 g/mol. The van der Waals surface area contributed by atoms with E-state index in [1.807, 2.05) is 29.0 Å². The Morgan fingerprint density at radius 3 is 2.56 bits per heavy atom. The molecule has 1 amide bonds. The summed E-state index contributed by atoms with van der Waals surface area (Å²) in [5.74, 6) is -0.376. The number of primary amides is 1. The van der Waals surface area contributed by atoms with Crippen LogP contribution in [-0.2, 0) is 13.0 Å². The smallest absolute Gasteiger partial charge is 0.250 e. The summed E-state index contributed by atoms with van der Waals surface area (Å²) in [6.45, 7) is 0.858. The molecule has 82 valence electrons. The molecular formula is C13H14N2O. The van der Waals surface area contributed by atoms with Gasteiger partial charge in [0, 0.05) is 18.9 Å². The zero-order valence-electron chi connectivity index (χ0n) is 8.97. The summed E-state index contributed by atoms with van der Waals surface area (Å²) < 4.78 is 1.98. The Kier molecular flexibility index (Phi) is 3.05. The van der Waals surface area contributed by atoms with Crippen molar-refractivity contribution in [2.75, 3.05) is 0 Å². The molecule has 0 aliphatic heterocycles. The predicted molar refractivity (Wildman–Crippen MR) is 63.1 cm³/mol. The van der Waals surface area contributed by atoms with Crippen molar-refractivity contribution in [3.8, 4) is 0 Å². The van der Waals surface area contributed by atoms with Gasteiger partial charge in [0.15, 0.2) is 0 Å². The Labute approximate surface area is 94.5 Å². The predicted octanol–water partition coefficient (Wildman–Crippen LogP) is 1.83. The topological polar surface area (TPSA) is 48.0 Å². The number of benzene rings is 1. The van der Waals surface area contributed by atoms with Crippen molar-refractivity contribution >= 4 is 5.91 Å². The SMILES string of the molecule is NC(=O)c1ccn(CCc2ccccc2)c1. The Balaban J connectivity index is 1.97. The van der Waals surface area contributed by atoms with E-state index >= 15 is 0 Å². The largest absolute Gasteiger partial charge is 0.366 e. The van der Waals surface area contributed by atoms with Gasteiger partial charge in [-0.15, -0.1) is 0 Å². The summed E-state index contributed by atoms with van der Waals surface area (Å²) in [4.78, 5) is 10.9. The van der Waals surface area contributed by atoms with E-state index in [4.69, 9.17) is 5.73 Å². The minimum absolute atomic E-state index is 0.376. The number of hydrogen-bond acceptors (Lipinski definition) is 1. The van der Waals surface area contributed by atoms with Crippen molar-refractivity contribution in [1.82, 2.24) is 4.57 Å². The average molecular weight is 214 g/mol. The third-order valence-electron chi connectivity index (χ3n) is 2.54. The quantitative estimate of drug-likeness (QED) is 0.829. The number of nitrogens with two attached hydrogens (primary N) is 1. The number of hydrogen-bond donors (Lipinski definition) is 1. The van der Waals surface area contributed by atoms with E-state index in [1.54, 1.807) is 12.3 Å². The first-order valence-electron chi connectivity index (χ1n) is 5.25. The number of carbonyl (C=O) groups excluding carboxylic acids is 1. The third-order valence-corrected chi connectivity index (χ3v) is 2.54. The number of aryl methyl sites for hydroxylation is 2. The molecule has 3 nitrogen and oxygen atoms in total. The van der Waals surface area contributed by atoms with E-state index in [0.29, 0.717) is 5.56 Å². The maximum atomic E-state index is 10.9. The van der Waals surface area contributed by atoms with Gasteiger partial charge in [0.1, 0.15) is 0 Å². The molecule has 1 aromatic carbocycles. The molecule has 0 spiro atoms. The van der Waals surface area contributed by atoms with Gasteiger partial charge in [0.25, 0.3) is 0 Å². The summed E-state index contributed by atoms with van der Waals surface area (Å²) in [6, 6.07) is 12.0. The first-order chi connectivity index (χ1) is 7.75. The van der Waals surface area contributed by atoms with Crippen LogP contribution in [0.5, 0.6) is 0 Å². The van der Waals surface area contributed by atoms with Crippen molar-refractivity contribution < 1.29 is 4.79 Å². The van der Waals surface area contributed by atoms with Gasteiger partial charge in [0.05, 0.1) is 5.56 Å².